The SMILES string of the molecule is CC1(OCCNCc2ccc(Cl)s2)CNC1. The zero-order valence-electron chi connectivity index (χ0n) is 9.38. The van der Waals surface area contributed by atoms with Gasteiger partial charge in [-0.3, -0.25) is 0 Å². The Labute approximate surface area is 105 Å². The number of ether oxygens (including phenoxy) is 1. The molecule has 0 amide bonds. The number of thiophene rings is 1. The smallest absolute Gasteiger partial charge is 0.0931 e. The van der Waals surface area contributed by atoms with Gasteiger partial charge in [0.2, 0.25) is 0 Å². The highest BCUT2D eigenvalue weighted by Crippen LogP contribution is 2.21. The molecule has 1 aromatic rings. The van der Waals surface area contributed by atoms with Crippen LogP contribution in [0.5, 0.6) is 0 Å². The van der Waals surface area contributed by atoms with Gasteiger partial charge in [-0.1, -0.05) is 11.6 Å². The van der Waals surface area contributed by atoms with Crippen LogP contribution < -0.4 is 10.6 Å². The molecule has 0 atom stereocenters. The van der Waals surface area contributed by atoms with E-state index in [1.165, 1.54) is 4.88 Å². The number of halogens is 1. The van der Waals surface area contributed by atoms with Crippen molar-refractivity contribution < 1.29 is 4.74 Å². The highest BCUT2D eigenvalue weighted by Gasteiger charge is 2.31. The number of nitrogens with one attached hydrogen (secondary N) is 2. The van der Waals surface area contributed by atoms with Gasteiger partial charge in [-0.05, 0) is 19.1 Å². The fourth-order valence-corrected chi connectivity index (χ4v) is 2.66. The van der Waals surface area contributed by atoms with Gasteiger partial charge in [0.25, 0.3) is 0 Å². The van der Waals surface area contributed by atoms with Crippen LogP contribution in [0.4, 0.5) is 0 Å². The van der Waals surface area contributed by atoms with Gasteiger partial charge in [0, 0.05) is 31.1 Å². The van der Waals surface area contributed by atoms with Crippen LogP contribution in [0.25, 0.3) is 0 Å². The van der Waals surface area contributed by atoms with Crippen LogP contribution in [0, 0.1) is 0 Å². The lowest BCUT2D eigenvalue weighted by atomic mass is 10.0. The van der Waals surface area contributed by atoms with Crippen LogP contribution in [0.2, 0.25) is 4.34 Å². The minimum absolute atomic E-state index is 0.0634. The molecular weight excluding hydrogens is 244 g/mol. The average Bonchev–Trinajstić information content (AvgIpc) is 2.61. The molecule has 1 aliphatic heterocycles. The maximum atomic E-state index is 5.85. The fourth-order valence-electron chi connectivity index (χ4n) is 1.61. The Morgan fingerprint density at radius 2 is 2.38 bits per heavy atom. The van der Waals surface area contributed by atoms with Crippen molar-refractivity contribution in [2.45, 2.75) is 19.1 Å². The molecule has 0 spiro atoms. The Morgan fingerprint density at radius 1 is 1.56 bits per heavy atom. The summed E-state index contributed by atoms with van der Waals surface area (Å²) in [4.78, 5) is 1.27. The highest BCUT2D eigenvalue weighted by atomic mass is 35.5. The highest BCUT2D eigenvalue weighted by molar-refractivity contribution is 7.16. The molecule has 2 heterocycles. The molecule has 0 aliphatic carbocycles. The Kier molecular flexibility index (Phi) is 4.21. The summed E-state index contributed by atoms with van der Waals surface area (Å²) in [6, 6.07) is 3.98. The van der Waals surface area contributed by atoms with Gasteiger partial charge in [-0.2, -0.15) is 0 Å². The number of rotatable bonds is 6. The summed E-state index contributed by atoms with van der Waals surface area (Å²) in [5.41, 5.74) is 0.0634. The third-order valence-electron chi connectivity index (χ3n) is 2.66. The molecule has 0 aromatic carbocycles. The van der Waals surface area contributed by atoms with E-state index in [0.717, 1.165) is 37.1 Å². The van der Waals surface area contributed by atoms with Crippen molar-refractivity contribution in [2.24, 2.45) is 0 Å². The average molecular weight is 261 g/mol. The third-order valence-corrected chi connectivity index (χ3v) is 3.89. The van der Waals surface area contributed by atoms with Gasteiger partial charge >= 0.3 is 0 Å². The summed E-state index contributed by atoms with van der Waals surface area (Å²) >= 11 is 7.46. The molecule has 5 heteroatoms. The lowest BCUT2D eigenvalue weighted by Gasteiger charge is -2.39. The second kappa shape index (κ2) is 5.47. The van der Waals surface area contributed by atoms with Crippen LogP contribution in [-0.2, 0) is 11.3 Å². The number of hydrogen-bond donors (Lipinski definition) is 2. The van der Waals surface area contributed by atoms with Crippen LogP contribution in [0.1, 0.15) is 11.8 Å². The molecule has 1 aliphatic rings. The van der Waals surface area contributed by atoms with Crippen molar-refractivity contribution in [2.75, 3.05) is 26.2 Å². The Bertz CT molecular complexity index is 338. The lowest BCUT2D eigenvalue weighted by molar-refractivity contribution is -0.0648. The summed E-state index contributed by atoms with van der Waals surface area (Å²) in [5.74, 6) is 0. The third kappa shape index (κ3) is 3.43. The van der Waals surface area contributed by atoms with Gasteiger partial charge in [0.15, 0.2) is 0 Å². The van der Waals surface area contributed by atoms with E-state index in [2.05, 4.69) is 23.6 Å². The van der Waals surface area contributed by atoms with Crippen molar-refractivity contribution in [1.82, 2.24) is 10.6 Å². The van der Waals surface area contributed by atoms with Gasteiger partial charge in [-0.25, -0.2) is 0 Å². The summed E-state index contributed by atoms with van der Waals surface area (Å²) in [5, 5.41) is 6.55. The maximum Gasteiger partial charge on any atom is 0.0931 e. The second-order valence-electron chi connectivity index (χ2n) is 4.28. The summed E-state index contributed by atoms with van der Waals surface area (Å²) in [6.07, 6.45) is 0. The molecule has 0 bridgehead atoms. The van der Waals surface area contributed by atoms with E-state index in [4.69, 9.17) is 16.3 Å². The van der Waals surface area contributed by atoms with Crippen LogP contribution >= 0.6 is 22.9 Å². The molecule has 2 rings (SSSR count). The van der Waals surface area contributed by atoms with E-state index in [9.17, 15) is 0 Å². The Hall–Kier alpha value is -0.130. The predicted molar refractivity (Wildman–Crippen MR) is 68.3 cm³/mol. The van der Waals surface area contributed by atoms with Gasteiger partial charge in [0.05, 0.1) is 16.5 Å². The molecule has 90 valence electrons. The molecule has 1 saturated heterocycles. The van der Waals surface area contributed by atoms with Crippen molar-refractivity contribution >= 4 is 22.9 Å². The first kappa shape index (κ1) is 12.3. The Morgan fingerprint density at radius 3 is 2.94 bits per heavy atom. The van der Waals surface area contributed by atoms with Crippen molar-refractivity contribution in [3.8, 4) is 0 Å². The van der Waals surface area contributed by atoms with E-state index < -0.39 is 0 Å². The monoisotopic (exact) mass is 260 g/mol. The molecule has 0 saturated carbocycles. The largest absolute Gasteiger partial charge is 0.371 e. The molecular formula is C11H17ClN2OS. The quantitative estimate of drug-likeness (QED) is 0.767. The van der Waals surface area contributed by atoms with Gasteiger partial charge in [-0.15, -0.1) is 11.3 Å². The van der Waals surface area contributed by atoms with Crippen molar-refractivity contribution in [3.05, 3.63) is 21.3 Å². The van der Waals surface area contributed by atoms with Crippen molar-refractivity contribution in [1.29, 1.82) is 0 Å². The summed E-state index contributed by atoms with van der Waals surface area (Å²) in [6.45, 7) is 6.59. The van der Waals surface area contributed by atoms with Crippen LogP contribution in [-0.4, -0.2) is 31.8 Å². The van der Waals surface area contributed by atoms with Crippen molar-refractivity contribution in [3.63, 3.8) is 0 Å². The van der Waals surface area contributed by atoms with Gasteiger partial charge in [0.1, 0.15) is 0 Å². The van der Waals surface area contributed by atoms with Crippen LogP contribution in [0.15, 0.2) is 12.1 Å². The van der Waals surface area contributed by atoms with Gasteiger partial charge < -0.3 is 15.4 Å². The first-order valence-electron chi connectivity index (χ1n) is 5.48. The first-order valence-corrected chi connectivity index (χ1v) is 6.67. The minimum Gasteiger partial charge on any atom is -0.371 e. The molecule has 1 aromatic heterocycles. The molecule has 0 unspecified atom stereocenters. The summed E-state index contributed by atoms with van der Waals surface area (Å²) < 4.78 is 6.61. The molecule has 16 heavy (non-hydrogen) atoms. The van der Waals surface area contributed by atoms with E-state index in [-0.39, 0.29) is 5.60 Å². The maximum absolute atomic E-state index is 5.85. The first-order chi connectivity index (χ1) is 7.68. The number of hydrogen-bond acceptors (Lipinski definition) is 4. The second-order valence-corrected chi connectivity index (χ2v) is 6.08. The predicted octanol–water partition coefficient (Wildman–Crippen LogP) is 1.87. The van der Waals surface area contributed by atoms with E-state index in [1.807, 2.05) is 6.07 Å². The summed E-state index contributed by atoms with van der Waals surface area (Å²) in [7, 11) is 0. The molecule has 0 radical (unpaired) electrons. The topological polar surface area (TPSA) is 33.3 Å². The zero-order valence-corrected chi connectivity index (χ0v) is 11.0. The zero-order chi connectivity index (χ0) is 11.4. The lowest BCUT2D eigenvalue weighted by Crippen LogP contribution is -2.59. The minimum atomic E-state index is 0.0634. The van der Waals surface area contributed by atoms with E-state index in [0.29, 0.717) is 0 Å². The Balaban J connectivity index is 1.55. The molecule has 1 fully saturated rings. The fraction of sp³-hybridized carbons (Fsp3) is 0.636. The van der Waals surface area contributed by atoms with Crippen LogP contribution in [0.3, 0.4) is 0 Å². The normalized spacial score (nSPS) is 18.4. The van der Waals surface area contributed by atoms with E-state index >= 15 is 0 Å². The standard InChI is InChI=1S/C11H17ClN2OS/c1-11(7-14-8-11)15-5-4-13-6-9-2-3-10(12)16-9/h2-3,13-14H,4-8H2,1H3. The van der Waals surface area contributed by atoms with E-state index in [1.54, 1.807) is 11.3 Å². The molecule has 3 nitrogen and oxygen atoms in total. The molecule has 2 N–H and O–H groups in total.